The van der Waals surface area contributed by atoms with Gasteiger partial charge in [-0.3, -0.25) is 9.69 Å². The maximum Gasteiger partial charge on any atom is 0.257 e. The summed E-state index contributed by atoms with van der Waals surface area (Å²) in [6, 6.07) is 0. The van der Waals surface area contributed by atoms with Crippen molar-refractivity contribution in [2.75, 3.05) is 66.8 Å². The average Bonchev–Trinajstić information content (AvgIpc) is 3.18. The van der Waals surface area contributed by atoms with E-state index < -0.39 is 10.0 Å². The van der Waals surface area contributed by atoms with Crippen LogP contribution < -0.4 is 14.2 Å². The molecular formula is C18H25N3O7S. The molecule has 1 amide bonds. The Labute approximate surface area is 169 Å². The summed E-state index contributed by atoms with van der Waals surface area (Å²) in [6.45, 7) is 2.47. The van der Waals surface area contributed by atoms with Gasteiger partial charge in [-0.2, -0.15) is 4.31 Å². The van der Waals surface area contributed by atoms with Crippen LogP contribution in [-0.2, 0) is 16.4 Å². The summed E-state index contributed by atoms with van der Waals surface area (Å²) in [5.41, 5.74) is 0.648. The maximum atomic E-state index is 13.6. The topological polar surface area (TPSA) is 109 Å². The van der Waals surface area contributed by atoms with Gasteiger partial charge in [0, 0.05) is 46.3 Å². The Kier molecular flexibility index (Phi) is 5.32. The Morgan fingerprint density at radius 3 is 2.45 bits per heavy atom. The van der Waals surface area contributed by atoms with Gasteiger partial charge in [0.2, 0.25) is 22.6 Å². The van der Waals surface area contributed by atoms with Crippen LogP contribution in [-0.4, -0.2) is 100 Å². The normalized spacial score (nSPS) is 20.1. The summed E-state index contributed by atoms with van der Waals surface area (Å²) in [5, 5.41) is 9.10. The van der Waals surface area contributed by atoms with Crippen molar-refractivity contribution in [3.63, 3.8) is 0 Å². The fourth-order valence-electron chi connectivity index (χ4n) is 4.09. The van der Waals surface area contributed by atoms with Gasteiger partial charge in [0.05, 0.1) is 19.3 Å². The first-order valence-electron chi connectivity index (χ1n) is 9.51. The third kappa shape index (κ3) is 3.21. The van der Waals surface area contributed by atoms with Gasteiger partial charge < -0.3 is 24.2 Å². The van der Waals surface area contributed by atoms with Crippen molar-refractivity contribution >= 4 is 15.9 Å². The van der Waals surface area contributed by atoms with Gasteiger partial charge in [-0.1, -0.05) is 0 Å². The minimum atomic E-state index is -3.92. The number of piperazine rings is 1. The van der Waals surface area contributed by atoms with E-state index in [2.05, 4.69) is 0 Å². The Balaban J connectivity index is 1.82. The van der Waals surface area contributed by atoms with Crippen LogP contribution in [0.2, 0.25) is 0 Å². The van der Waals surface area contributed by atoms with Crippen molar-refractivity contribution in [2.24, 2.45) is 0 Å². The molecule has 0 unspecified atom stereocenters. The van der Waals surface area contributed by atoms with Gasteiger partial charge in [0.1, 0.15) is 4.90 Å². The van der Waals surface area contributed by atoms with Crippen LogP contribution in [0, 0.1) is 0 Å². The van der Waals surface area contributed by atoms with E-state index in [1.165, 1.54) is 16.3 Å². The smallest absolute Gasteiger partial charge is 0.257 e. The number of amides is 1. The van der Waals surface area contributed by atoms with Crippen molar-refractivity contribution < 1.29 is 32.5 Å². The summed E-state index contributed by atoms with van der Waals surface area (Å²) in [5.74, 6) is 0.199. The second-order valence-electron chi connectivity index (χ2n) is 7.23. The number of methoxy groups -OCH3 is 1. The van der Waals surface area contributed by atoms with Crippen LogP contribution in [0.1, 0.15) is 15.9 Å². The molecule has 0 radical (unpaired) electrons. The third-order valence-electron chi connectivity index (χ3n) is 5.64. The van der Waals surface area contributed by atoms with Crippen LogP contribution in [0.5, 0.6) is 17.2 Å². The number of aliphatic hydroxyl groups excluding tert-OH is 1. The standard InChI is InChI=1S/C18H25N3O7S/c1-19-4-3-12-13(18(19)23)14(26-2)15-16(28-11-27-15)17(12)29(24,25)21-7-5-20(6-8-21)9-10-22/h22H,3-11H2,1-2H3. The molecule has 3 aliphatic rings. The first kappa shape index (κ1) is 20.2. The molecule has 11 heteroatoms. The summed E-state index contributed by atoms with van der Waals surface area (Å²) < 4.78 is 45.2. The van der Waals surface area contributed by atoms with Crippen molar-refractivity contribution in [2.45, 2.75) is 11.3 Å². The molecule has 10 nitrogen and oxygen atoms in total. The van der Waals surface area contributed by atoms with E-state index in [-0.39, 0.29) is 47.0 Å². The predicted molar refractivity (Wildman–Crippen MR) is 102 cm³/mol. The zero-order valence-corrected chi connectivity index (χ0v) is 17.3. The van der Waals surface area contributed by atoms with Crippen LogP contribution in [0.15, 0.2) is 4.90 Å². The lowest BCUT2D eigenvalue weighted by Crippen LogP contribution is -2.49. The van der Waals surface area contributed by atoms with Gasteiger partial charge >= 0.3 is 0 Å². The van der Waals surface area contributed by atoms with E-state index in [1.54, 1.807) is 7.05 Å². The second kappa shape index (κ2) is 7.63. The highest BCUT2D eigenvalue weighted by Crippen LogP contribution is 2.51. The predicted octanol–water partition coefficient (Wildman–Crippen LogP) is -0.649. The Bertz CT molecular complexity index is 926. The van der Waals surface area contributed by atoms with E-state index in [0.717, 1.165) is 0 Å². The second-order valence-corrected chi connectivity index (χ2v) is 9.10. The molecule has 1 N–H and O–H groups in total. The van der Waals surface area contributed by atoms with E-state index in [9.17, 15) is 13.2 Å². The molecule has 160 valence electrons. The van der Waals surface area contributed by atoms with Crippen molar-refractivity contribution in [1.82, 2.24) is 14.1 Å². The molecule has 0 aromatic heterocycles. The number of benzene rings is 1. The van der Waals surface area contributed by atoms with E-state index >= 15 is 0 Å². The van der Waals surface area contributed by atoms with Crippen molar-refractivity contribution in [1.29, 1.82) is 0 Å². The number of nitrogens with zero attached hydrogens (tertiary/aromatic N) is 3. The molecule has 1 aromatic carbocycles. The lowest BCUT2D eigenvalue weighted by Gasteiger charge is -2.35. The van der Waals surface area contributed by atoms with Crippen LogP contribution in [0.4, 0.5) is 0 Å². The molecule has 3 heterocycles. The van der Waals surface area contributed by atoms with Crippen molar-refractivity contribution in [3.05, 3.63) is 11.1 Å². The zero-order valence-electron chi connectivity index (χ0n) is 16.5. The Hall–Kier alpha value is -2.08. The third-order valence-corrected chi connectivity index (χ3v) is 7.63. The van der Waals surface area contributed by atoms with Crippen LogP contribution >= 0.6 is 0 Å². The van der Waals surface area contributed by atoms with Crippen molar-refractivity contribution in [3.8, 4) is 17.2 Å². The van der Waals surface area contributed by atoms with E-state index in [4.69, 9.17) is 19.3 Å². The molecule has 0 spiro atoms. The fraction of sp³-hybridized carbons (Fsp3) is 0.611. The number of hydrogen-bond donors (Lipinski definition) is 1. The van der Waals surface area contributed by atoms with Gasteiger partial charge in [0.15, 0.2) is 11.5 Å². The number of rotatable bonds is 5. The minimum Gasteiger partial charge on any atom is -0.492 e. The average molecular weight is 427 g/mol. The summed E-state index contributed by atoms with van der Waals surface area (Å²) in [4.78, 5) is 16.4. The number of carbonyl (C=O) groups excluding carboxylic acids is 1. The SMILES string of the molecule is COc1c2c(c(S(=O)(=O)N3CCN(CCO)CC3)c3c1C(=O)N(C)CC3)OCO2. The lowest BCUT2D eigenvalue weighted by molar-refractivity contribution is 0.0775. The highest BCUT2D eigenvalue weighted by atomic mass is 32.2. The van der Waals surface area contributed by atoms with Gasteiger partial charge in [-0.25, -0.2) is 8.42 Å². The highest BCUT2D eigenvalue weighted by Gasteiger charge is 2.43. The summed E-state index contributed by atoms with van der Waals surface area (Å²) in [6.07, 6.45) is 0.379. The van der Waals surface area contributed by atoms with Gasteiger partial charge in [0.25, 0.3) is 5.91 Å². The van der Waals surface area contributed by atoms with Crippen LogP contribution in [0.25, 0.3) is 0 Å². The number of ether oxygens (including phenoxy) is 3. The fourth-order valence-corrected chi connectivity index (χ4v) is 5.89. The molecule has 1 fully saturated rings. The highest BCUT2D eigenvalue weighted by molar-refractivity contribution is 7.89. The number of aliphatic hydroxyl groups is 1. The maximum absolute atomic E-state index is 13.6. The quantitative estimate of drug-likeness (QED) is 0.661. The molecule has 1 aromatic rings. The molecule has 0 atom stereocenters. The van der Waals surface area contributed by atoms with E-state index in [0.29, 0.717) is 51.3 Å². The first-order valence-corrected chi connectivity index (χ1v) is 11.0. The van der Waals surface area contributed by atoms with E-state index in [1.807, 2.05) is 4.90 Å². The number of β-amino-alcohol motifs (C(OH)–C–C–N with tert-alkyl or cyclic N) is 1. The molecule has 0 bridgehead atoms. The zero-order chi connectivity index (χ0) is 20.8. The molecule has 3 aliphatic heterocycles. The first-order chi connectivity index (χ1) is 13.9. The Morgan fingerprint density at radius 1 is 1.10 bits per heavy atom. The largest absolute Gasteiger partial charge is 0.492 e. The molecule has 0 aliphatic carbocycles. The number of sulfonamides is 1. The minimum absolute atomic E-state index is 0.0119. The summed E-state index contributed by atoms with van der Waals surface area (Å²) >= 11 is 0. The molecule has 29 heavy (non-hydrogen) atoms. The monoisotopic (exact) mass is 427 g/mol. The van der Waals surface area contributed by atoms with Gasteiger partial charge in [-0.05, 0) is 12.0 Å². The number of fused-ring (bicyclic) bond motifs is 2. The van der Waals surface area contributed by atoms with Crippen LogP contribution in [0.3, 0.4) is 0 Å². The molecule has 4 rings (SSSR count). The molecular weight excluding hydrogens is 402 g/mol. The molecule has 1 saturated heterocycles. The summed E-state index contributed by atoms with van der Waals surface area (Å²) in [7, 11) is -0.825. The Morgan fingerprint density at radius 2 is 1.79 bits per heavy atom. The number of carbonyl (C=O) groups is 1. The lowest BCUT2D eigenvalue weighted by atomic mass is 9.97. The molecule has 0 saturated carbocycles. The number of hydrogen-bond acceptors (Lipinski definition) is 8. The van der Waals surface area contributed by atoms with Gasteiger partial charge in [-0.15, -0.1) is 0 Å². The number of likely N-dealkylation sites (N-methyl/N-ethyl adjacent to an activating group) is 1.